The summed E-state index contributed by atoms with van der Waals surface area (Å²) in [6.45, 7) is 5.16. The summed E-state index contributed by atoms with van der Waals surface area (Å²) in [6, 6.07) is 8.74. The second-order valence-corrected chi connectivity index (χ2v) is 8.21. The number of anilines is 1. The number of benzene rings is 2. The minimum atomic E-state index is -0.0972. The van der Waals surface area contributed by atoms with E-state index in [9.17, 15) is 10.2 Å². The number of hydrogen-bond acceptors (Lipinski definition) is 9. The van der Waals surface area contributed by atoms with Gasteiger partial charge < -0.3 is 24.6 Å². The molecule has 0 fully saturated rings. The van der Waals surface area contributed by atoms with Gasteiger partial charge in [-0.3, -0.25) is 9.71 Å². The SMILES string of the molecule is COCCN(C)c1cc(-n2c(SN)nnc2-c2cc(C(C)C)c(O)cc2O)ccc1OC. The Bertz CT molecular complexity index is 1090. The summed E-state index contributed by atoms with van der Waals surface area (Å²) in [4.78, 5) is 2.03. The third-order valence-corrected chi connectivity index (χ3v) is 5.68. The van der Waals surface area contributed by atoms with E-state index in [-0.39, 0.29) is 17.4 Å². The Kier molecular flexibility index (Phi) is 7.49. The van der Waals surface area contributed by atoms with Crippen molar-refractivity contribution in [1.29, 1.82) is 0 Å². The van der Waals surface area contributed by atoms with E-state index >= 15 is 0 Å². The van der Waals surface area contributed by atoms with E-state index in [0.29, 0.717) is 41.0 Å². The highest BCUT2D eigenvalue weighted by Gasteiger charge is 2.22. The zero-order chi connectivity index (χ0) is 23.4. The molecule has 1 heterocycles. The van der Waals surface area contributed by atoms with Gasteiger partial charge in [-0.2, -0.15) is 0 Å². The Balaban J connectivity index is 2.19. The fraction of sp³-hybridized carbons (Fsp3) is 0.364. The maximum Gasteiger partial charge on any atom is 0.210 e. The number of methoxy groups -OCH3 is 2. The van der Waals surface area contributed by atoms with Crippen LogP contribution in [0.1, 0.15) is 25.3 Å². The largest absolute Gasteiger partial charge is 0.508 e. The predicted octanol–water partition coefficient (Wildman–Crippen LogP) is 3.53. The quantitative estimate of drug-likeness (QED) is 0.413. The van der Waals surface area contributed by atoms with Gasteiger partial charge in [0.15, 0.2) is 5.82 Å². The van der Waals surface area contributed by atoms with Gasteiger partial charge in [-0.15, -0.1) is 10.2 Å². The molecule has 0 atom stereocenters. The molecule has 2 aromatic carbocycles. The van der Waals surface area contributed by atoms with E-state index in [1.54, 1.807) is 24.9 Å². The van der Waals surface area contributed by atoms with E-state index in [4.69, 9.17) is 14.6 Å². The van der Waals surface area contributed by atoms with E-state index < -0.39 is 0 Å². The van der Waals surface area contributed by atoms with E-state index in [0.717, 1.165) is 23.3 Å². The standard InChI is InChI=1S/C22H29N5O4S/c1-13(2)15-11-16(19(29)12-18(15)28)21-24-25-22(32-23)27(21)14-6-7-20(31-5)17(10-14)26(3)8-9-30-4/h6-7,10-13,28-29H,8-9,23H2,1-5H3. The van der Waals surface area contributed by atoms with E-state index in [1.807, 2.05) is 44.0 Å². The van der Waals surface area contributed by atoms with Crippen LogP contribution in [0.2, 0.25) is 0 Å². The van der Waals surface area contributed by atoms with Crippen LogP contribution < -0.4 is 14.8 Å². The smallest absolute Gasteiger partial charge is 0.210 e. The monoisotopic (exact) mass is 459 g/mol. The summed E-state index contributed by atoms with van der Waals surface area (Å²) < 4.78 is 12.5. The molecule has 0 aliphatic carbocycles. The molecule has 3 rings (SSSR count). The fourth-order valence-electron chi connectivity index (χ4n) is 3.45. The highest BCUT2D eigenvalue weighted by atomic mass is 32.2. The Morgan fingerprint density at radius 2 is 1.88 bits per heavy atom. The summed E-state index contributed by atoms with van der Waals surface area (Å²) in [5.41, 5.74) is 2.75. The molecule has 0 saturated heterocycles. The Morgan fingerprint density at radius 1 is 1.12 bits per heavy atom. The molecule has 0 unspecified atom stereocenters. The minimum Gasteiger partial charge on any atom is -0.508 e. The number of aromatic hydroxyl groups is 2. The number of nitrogens with zero attached hydrogens (tertiary/aromatic N) is 4. The van der Waals surface area contributed by atoms with Crippen molar-refractivity contribution < 1.29 is 19.7 Å². The lowest BCUT2D eigenvalue weighted by atomic mass is 9.98. The number of phenolic OH excluding ortho intramolecular Hbond substituents is 2. The Hall–Kier alpha value is -2.95. The molecule has 9 nitrogen and oxygen atoms in total. The van der Waals surface area contributed by atoms with Gasteiger partial charge in [0.25, 0.3) is 0 Å². The van der Waals surface area contributed by atoms with Crippen LogP contribution >= 0.6 is 11.9 Å². The third kappa shape index (κ3) is 4.62. The first-order valence-electron chi connectivity index (χ1n) is 10.1. The second kappa shape index (κ2) is 10.1. The molecule has 0 aliphatic rings. The maximum atomic E-state index is 10.6. The second-order valence-electron chi connectivity index (χ2n) is 7.61. The van der Waals surface area contributed by atoms with Crippen LogP contribution in [-0.2, 0) is 4.74 Å². The van der Waals surface area contributed by atoms with Gasteiger partial charge in [0.05, 0.1) is 30.7 Å². The van der Waals surface area contributed by atoms with Crippen LogP contribution in [0.5, 0.6) is 17.2 Å². The molecule has 32 heavy (non-hydrogen) atoms. The fourth-order valence-corrected chi connectivity index (χ4v) is 3.84. The molecule has 1 aromatic heterocycles. The number of ether oxygens (including phenoxy) is 2. The van der Waals surface area contributed by atoms with Gasteiger partial charge in [0.1, 0.15) is 17.2 Å². The lowest BCUT2D eigenvalue weighted by Crippen LogP contribution is -2.22. The molecule has 4 N–H and O–H groups in total. The molecule has 0 bridgehead atoms. The van der Waals surface area contributed by atoms with Crippen molar-refractivity contribution >= 4 is 17.6 Å². The molecule has 0 aliphatic heterocycles. The zero-order valence-electron chi connectivity index (χ0n) is 18.9. The van der Waals surface area contributed by atoms with Gasteiger partial charge in [0, 0.05) is 26.8 Å². The minimum absolute atomic E-state index is 0.0345. The van der Waals surface area contributed by atoms with Crippen LogP contribution in [0.4, 0.5) is 5.69 Å². The first kappa shape index (κ1) is 23.7. The molecule has 172 valence electrons. The first-order valence-corrected chi connectivity index (χ1v) is 11.0. The molecule has 0 saturated carbocycles. The molecular formula is C22H29N5O4S. The normalized spacial score (nSPS) is 11.2. The van der Waals surface area contributed by atoms with Crippen molar-refractivity contribution in [2.75, 3.05) is 39.3 Å². The maximum absolute atomic E-state index is 10.6. The average Bonchev–Trinajstić information content (AvgIpc) is 3.20. The highest BCUT2D eigenvalue weighted by Crippen LogP contribution is 2.39. The number of rotatable bonds is 9. The third-order valence-electron chi connectivity index (χ3n) is 5.21. The Morgan fingerprint density at radius 3 is 2.50 bits per heavy atom. The average molecular weight is 460 g/mol. The van der Waals surface area contributed by atoms with Crippen LogP contribution in [0.15, 0.2) is 35.5 Å². The summed E-state index contributed by atoms with van der Waals surface area (Å²) in [6.07, 6.45) is 0. The summed E-state index contributed by atoms with van der Waals surface area (Å²) in [5, 5.41) is 35.7. The summed E-state index contributed by atoms with van der Waals surface area (Å²) >= 11 is 0.957. The summed E-state index contributed by atoms with van der Waals surface area (Å²) in [5.74, 6) is 1.11. The predicted molar refractivity (Wildman–Crippen MR) is 126 cm³/mol. The molecule has 0 spiro atoms. The number of likely N-dealkylation sites (N-methyl/N-ethyl adjacent to an activating group) is 1. The van der Waals surface area contributed by atoms with Crippen molar-refractivity contribution in [3.63, 3.8) is 0 Å². The van der Waals surface area contributed by atoms with Crippen LogP contribution in [0.3, 0.4) is 0 Å². The van der Waals surface area contributed by atoms with Gasteiger partial charge in [-0.1, -0.05) is 13.8 Å². The molecular weight excluding hydrogens is 430 g/mol. The van der Waals surface area contributed by atoms with Crippen molar-refractivity contribution in [2.45, 2.75) is 24.9 Å². The van der Waals surface area contributed by atoms with E-state index in [2.05, 4.69) is 10.2 Å². The lowest BCUT2D eigenvalue weighted by Gasteiger charge is -2.23. The van der Waals surface area contributed by atoms with Gasteiger partial charge in [-0.25, -0.2) is 0 Å². The zero-order valence-corrected chi connectivity index (χ0v) is 19.7. The van der Waals surface area contributed by atoms with Crippen LogP contribution in [0, 0.1) is 0 Å². The van der Waals surface area contributed by atoms with Crippen molar-refractivity contribution in [1.82, 2.24) is 14.8 Å². The number of phenols is 2. The van der Waals surface area contributed by atoms with Crippen LogP contribution in [-0.4, -0.2) is 59.4 Å². The van der Waals surface area contributed by atoms with Crippen molar-refractivity contribution in [3.05, 3.63) is 35.9 Å². The molecule has 0 amide bonds. The number of nitrogens with two attached hydrogens (primary N) is 1. The van der Waals surface area contributed by atoms with Crippen molar-refractivity contribution in [2.24, 2.45) is 5.14 Å². The summed E-state index contributed by atoms with van der Waals surface area (Å²) in [7, 11) is 5.23. The molecule has 10 heteroatoms. The number of hydrogen-bond donors (Lipinski definition) is 3. The van der Waals surface area contributed by atoms with Crippen molar-refractivity contribution in [3.8, 4) is 34.3 Å². The number of aromatic nitrogens is 3. The topological polar surface area (TPSA) is 119 Å². The van der Waals surface area contributed by atoms with Gasteiger partial charge in [0.2, 0.25) is 5.16 Å². The van der Waals surface area contributed by atoms with Gasteiger partial charge in [-0.05, 0) is 47.7 Å². The molecule has 3 aromatic rings. The van der Waals surface area contributed by atoms with E-state index in [1.165, 1.54) is 6.07 Å². The first-order chi connectivity index (χ1) is 15.3. The van der Waals surface area contributed by atoms with Gasteiger partial charge >= 0.3 is 0 Å². The Labute approximate surface area is 191 Å². The highest BCUT2D eigenvalue weighted by molar-refractivity contribution is 7.96. The van der Waals surface area contributed by atoms with Crippen LogP contribution in [0.25, 0.3) is 17.1 Å². The molecule has 0 radical (unpaired) electrons. The lowest BCUT2D eigenvalue weighted by molar-refractivity contribution is 0.206.